The van der Waals surface area contributed by atoms with E-state index in [4.69, 9.17) is 14.6 Å². The molecule has 0 aliphatic carbocycles. The van der Waals surface area contributed by atoms with Crippen LogP contribution in [0.4, 0.5) is 0 Å². The summed E-state index contributed by atoms with van der Waals surface area (Å²) in [6.07, 6.45) is 3.98. The van der Waals surface area contributed by atoms with Gasteiger partial charge in [-0.2, -0.15) is 5.10 Å². The Bertz CT molecular complexity index is 945. The van der Waals surface area contributed by atoms with Crippen molar-refractivity contribution in [2.75, 3.05) is 26.7 Å². The Labute approximate surface area is 179 Å². The molecular formula is C25H31N3O2. The van der Waals surface area contributed by atoms with Crippen LogP contribution in [0.15, 0.2) is 47.6 Å². The van der Waals surface area contributed by atoms with Crippen LogP contribution in [0.3, 0.4) is 0 Å². The normalized spacial score (nSPS) is 22.3. The largest absolute Gasteiger partial charge is 0.493 e. The molecule has 0 bridgehead atoms. The molecule has 2 aromatic carbocycles. The number of hydrazone groups is 1. The Morgan fingerprint density at radius 3 is 2.60 bits per heavy atom. The van der Waals surface area contributed by atoms with Gasteiger partial charge in [-0.05, 0) is 31.5 Å². The molecule has 0 saturated carbocycles. The van der Waals surface area contributed by atoms with Crippen LogP contribution in [0.5, 0.6) is 11.5 Å². The van der Waals surface area contributed by atoms with Crippen molar-refractivity contribution >= 4 is 5.71 Å². The summed E-state index contributed by atoms with van der Waals surface area (Å²) in [5.74, 6) is 1.73. The number of hydrogen-bond donors (Lipinski definition) is 0. The average Bonchev–Trinajstić information content (AvgIpc) is 3.23. The van der Waals surface area contributed by atoms with Gasteiger partial charge in [0.15, 0.2) is 11.5 Å². The summed E-state index contributed by atoms with van der Waals surface area (Å²) in [7, 11) is 1.73. The molecule has 1 atom stereocenters. The Kier molecular flexibility index (Phi) is 4.94. The summed E-state index contributed by atoms with van der Waals surface area (Å²) >= 11 is 0. The monoisotopic (exact) mass is 405 g/mol. The number of methoxy groups -OCH3 is 1. The van der Waals surface area contributed by atoms with Gasteiger partial charge in [0.25, 0.3) is 0 Å². The van der Waals surface area contributed by atoms with E-state index in [1.807, 2.05) is 6.07 Å². The number of fused-ring (bicyclic) bond motifs is 4. The number of hydrogen-bond acceptors (Lipinski definition) is 5. The van der Waals surface area contributed by atoms with Gasteiger partial charge in [-0.1, -0.05) is 48.9 Å². The summed E-state index contributed by atoms with van der Waals surface area (Å²) < 4.78 is 12.5. The lowest BCUT2D eigenvalue weighted by atomic mass is 9.90. The molecule has 3 heterocycles. The van der Waals surface area contributed by atoms with E-state index in [0.717, 1.165) is 56.1 Å². The zero-order chi connectivity index (χ0) is 20.7. The minimum atomic E-state index is -0.400. The maximum atomic E-state index is 6.79. The molecule has 0 unspecified atom stereocenters. The van der Waals surface area contributed by atoms with E-state index >= 15 is 0 Å². The van der Waals surface area contributed by atoms with E-state index in [1.165, 1.54) is 23.1 Å². The average molecular weight is 406 g/mol. The summed E-state index contributed by atoms with van der Waals surface area (Å²) in [4.78, 5) is 2.54. The van der Waals surface area contributed by atoms with Gasteiger partial charge in [-0.15, -0.1) is 0 Å². The second-order valence-corrected chi connectivity index (χ2v) is 8.75. The lowest BCUT2D eigenvalue weighted by Crippen LogP contribution is -2.59. The van der Waals surface area contributed by atoms with Crippen LogP contribution in [0.2, 0.25) is 0 Å². The molecule has 1 spiro atoms. The van der Waals surface area contributed by atoms with E-state index in [1.54, 1.807) is 7.11 Å². The van der Waals surface area contributed by atoms with Gasteiger partial charge in [-0.3, -0.25) is 0 Å². The number of ether oxygens (including phenoxy) is 2. The number of likely N-dealkylation sites (tertiary alicyclic amines) is 1. The number of para-hydroxylation sites is 1. The Balaban J connectivity index is 1.54. The van der Waals surface area contributed by atoms with Crippen molar-refractivity contribution in [1.82, 2.24) is 9.91 Å². The van der Waals surface area contributed by atoms with E-state index in [9.17, 15) is 0 Å². The van der Waals surface area contributed by atoms with Crippen molar-refractivity contribution in [1.29, 1.82) is 0 Å². The van der Waals surface area contributed by atoms with Crippen molar-refractivity contribution in [2.45, 2.75) is 51.3 Å². The summed E-state index contributed by atoms with van der Waals surface area (Å²) in [5, 5.41) is 7.46. The lowest BCUT2D eigenvalue weighted by Gasteiger charge is -2.51. The van der Waals surface area contributed by atoms with Crippen LogP contribution in [-0.2, 0) is 0 Å². The van der Waals surface area contributed by atoms with Crippen molar-refractivity contribution < 1.29 is 9.47 Å². The fourth-order valence-corrected chi connectivity index (χ4v) is 5.12. The van der Waals surface area contributed by atoms with Gasteiger partial charge in [0.2, 0.25) is 5.72 Å². The van der Waals surface area contributed by atoms with E-state index in [-0.39, 0.29) is 6.04 Å². The Morgan fingerprint density at radius 2 is 1.90 bits per heavy atom. The van der Waals surface area contributed by atoms with Gasteiger partial charge >= 0.3 is 0 Å². The topological polar surface area (TPSA) is 37.3 Å². The third kappa shape index (κ3) is 3.16. The third-order valence-electron chi connectivity index (χ3n) is 6.77. The highest BCUT2D eigenvalue weighted by atomic mass is 16.5. The molecule has 0 N–H and O–H groups in total. The fraction of sp³-hybridized carbons (Fsp3) is 0.480. The number of benzene rings is 2. The molecule has 1 saturated heterocycles. The minimum Gasteiger partial charge on any atom is -0.493 e. The molecule has 30 heavy (non-hydrogen) atoms. The molecule has 5 heteroatoms. The maximum absolute atomic E-state index is 6.79. The zero-order valence-corrected chi connectivity index (χ0v) is 18.2. The molecule has 5 rings (SSSR count). The molecular weight excluding hydrogens is 374 g/mol. The highest BCUT2D eigenvalue weighted by Gasteiger charge is 2.52. The predicted molar refractivity (Wildman–Crippen MR) is 119 cm³/mol. The highest BCUT2D eigenvalue weighted by molar-refractivity contribution is 6.02. The van der Waals surface area contributed by atoms with E-state index < -0.39 is 5.72 Å². The first kappa shape index (κ1) is 19.4. The number of aryl methyl sites for hydroxylation is 1. The van der Waals surface area contributed by atoms with Crippen LogP contribution in [-0.4, -0.2) is 48.1 Å². The van der Waals surface area contributed by atoms with Gasteiger partial charge in [0, 0.05) is 37.9 Å². The first-order valence-corrected chi connectivity index (χ1v) is 11.2. The van der Waals surface area contributed by atoms with Crippen LogP contribution in [0.25, 0.3) is 0 Å². The van der Waals surface area contributed by atoms with Gasteiger partial charge in [-0.25, -0.2) is 5.01 Å². The van der Waals surface area contributed by atoms with Gasteiger partial charge in [0.1, 0.15) is 0 Å². The highest BCUT2D eigenvalue weighted by Crippen LogP contribution is 2.52. The molecule has 0 amide bonds. The Morgan fingerprint density at radius 1 is 1.13 bits per heavy atom. The first-order valence-electron chi connectivity index (χ1n) is 11.2. The molecule has 0 aromatic heterocycles. The van der Waals surface area contributed by atoms with Crippen LogP contribution < -0.4 is 9.47 Å². The van der Waals surface area contributed by atoms with Crippen LogP contribution >= 0.6 is 0 Å². The fourth-order valence-electron chi connectivity index (χ4n) is 5.12. The summed E-state index contributed by atoms with van der Waals surface area (Å²) in [5.41, 5.74) is 4.41. The molecule has 3 aliphatic heterocycles. The predicted octanol–water partition coefficient (Wildman–Crippen LogP) is 4.75. The zero-order valence-electron chi connectivity index (χ0n) is 18.2. The number of rotatable bonds is 4. The van der Waals surface area contributed by atoms with E-state index in [2.05, 4.69) is 60.2 Å². The second kappa shape index (κ2) is 7.62. The Hall–Kier alpha value is -2.53. The quantitative estimate of drug-likeness (QED) is 0.736. The molecule has 5 nitrogen and oxygen atoms in total. The standard InChI is InChI=1S/C25H31N3O2/c1-4-14-27-15-12-25(13-16-27)28-22(20-6-5-7-23(29-3)24(20)30-25)17-21(26-28)19-10-8-18(2)9-11-19/h5-11,22H,4,12-17H2,1-3H3/t22-/m1/s1. The van der Waals surface area contributed by atoms with Crippen molar-refractivity contribution in [2.24, 2.45) is 5.10 Å². The van der Waals surface area contributed by atoms with Crippen LogP contribution in [0.1, 0.15) is 55.3 Å². The molecule has 2 aromatic rings. The van der Waals surface area contributed by atoms with Crippen molar-refractivity contribution in [3.05, 3.63) is 59.2 Å². The van der Waals surface area contributed by atoms with Crippen LogP contribution in [0, 0.1) is 6.92 Å². The third-order valence-corrected chi connectivity index (χ3v) is 6.77. The second-order valence-electron chi connectivity index (χ2n) is 8.75. The molecule has 0 radical (unpaired) electrons. The summed E-state index contributed by atoms with van der Waals surface area (Å²) in [6.45, 7) is 7.60. The molecule has 1 fully saturated rings. The lowest BCUT2D eigenvalue weighted by molar-refractivity contribution is -0.150. The van der Waals surface area contributed by atoms with Crippen molar-refractivity contribution in [3.63, 3.8) is 0 Å². The molecule has 3 aliphatic rings. The first-order chi connectivity index (χ1) is 14.6. The minimum absolute atomic E-state index is 0.192. The smallest absolute Gasteiger partial charge is 0.200 e. The van der Waals surface area contributed by atoms with Gasteiger partial charge < -0.3 is 14.4 Å². The van der Waals surface area contributed by atoms with Crippen molar-refractivity contribution in [3.8, 4) is 11.5 Å². The van der Waals surface area contributed by atoms with Gasteiger partial charge in [0.05, 0.1) is 18.9 Å². The number of nitrogens with zero attached hydrogens (tertiary/aromatic N) is 3. The SMILES string of the molecule is CCCN1CCC2(CC1)Oc1c(OC)cccc1[C@H]1CC(c3ccc(C)cc3)=NN12. The van der Waals surface area contributed by atoms with E-state index in [0.29, 0.717) is 0 Å². The molecule has 158 valence electrons. The number of piperidine rings is 1. The summed E-state index contributed by atoms with van der Waals surface area (Å²) in [6, 6.07) is 15.1. The maximum Gasteiger partial charge on any atom is 0.200 e.